The van der Waals surface area contributed by atoms with Crippen LogP contribution in [0, 0.1) is 11.8 Å². The molecule has 8 heteroatoms. The Hall–Kier alpha value is -3.49. The molecule has 4 aromatic rings. The molecule has 1 saturated carbocycles. The summed E-state index contributed by atoms with van der Waals surface area (Å²) in [5.74, 6) is 1.20. The number of ether oxygens (including phenoxy) is 1. The van der Waals surface area contributed by atoms with Gasteiger partial charge in [0.2, 0.25) is 0 Å². The Balaban J connectivity index is 1.12. The van der Waals surface area contributed by atoms with E-state index in [1.165, 1.54) is 11.3 Å². The number of amides is 1. The second-order valence-corrected chi connectivity index (χ2v) is 14.3. The predicted molar refractivity (Wildman–Crippen MR) is 163 cm³/mol. The molecule has 1 aliphatic carbocycles. The molecule has 2 heterocycles. The largest absolute Gasteiger partial charge is 0.497 e. The van der Waals surface area contributed by atoms with Crippen molar-refractivity contribution in [1.29, 1.82) is 0 Å². The Morgan fingerprint density at radius 2 is 1.76 bits per heavy atom. The molecule has 6 rings (SSSR count). The molecule has 41 heavy (non-hydrogen) atoms. The van der Waals surface area contributed by atoms with Crippen LogP contribution in [0.5, 0.6) is 5.75 Å². The molecule has 0 atom stereocenters. The summed E-state index contributed by atoms with van der Waals surface area (Å²) in [6, 6.07) is 21.1. The Kier molecular flexibility index (Phi) is 7.70. The van der Waals surface area contributed by atoms with Crippen molar-refractivity contribution >= 4 is 49.3 Å². The summed E-state index contributed by atoms with van der Waals surface area (Å²) in [7, 11) is -1.62. The van der Waals surface area contributed by atoms with Crippen molar-refractivity contribution in [3.63, 3.8) is 0 Å². The summed E-state index contributed by atoms with van der Waals surface area (Å²) in [6.45, 7) is 0.568. The first-order chi connectivity index (χ1) is 19.8. The van der Waals surface area contributed by atoms with Crippen molar-refractivity contribution in [2.45, 2.75) is 42.7 Å². The predicted octanol–water partition coefficient (Wildman–Crippen LogP) is 6.50. The lowest BCUT2D eigenvalue weighted by Crippen LogP contribution is -2.29. The van der Waals surface area contributed by atoms with Gasteiger partial charge in [-0.2, -0.15) is 0 Å². The molecule has 0 N–H and O–H groups in total. The van der Waals surface area contributed by atoms with Crippen molar-refractivity contribution in [1.82, 2.24) is 0 Å². The number of ketones is 1. The summed E-state index contributed by atoms with van der Waals surface area (Å²) in [5.41, 5.74) is 3.67. The van der Waals surface area contributed by atoms with Gasteiger partial charge in [0.05, 0.1) is 18.6 Å². The maximum atomic E-state index is 13.4. The van der Waals surface area contributed by atoms with Crippen LogP contribution >= 0.6 is 11.3 Å². The van der Waals surface area contributed by atoms with Gasteiger partial charge in [-0.05, 0) is 90.2 Å². The van der Waals surface area contributed by atoms with Gasteiger partial charge in [-0.15, -0.1) is 11.3 Å². The topological polar surface area (TPSA) is 80.8 Å². The molecule has 0 radical (unpaired) electrons. The zero-order valence-electron chi connectivity index (χ0n) is 23.0. The monoisotopic (exact) mass is 587 g/mol. The van der Waals surface area contributed by atoms with Crippen LogP contribution in [0.25, 0.3) is 10.8 Å². The number of rotatable bonds is 10. The highest BCUT2D eigenvalue weighted by Crippen LogP contribution is 2.40. The average Bonchev–Trinajstić information content (AvgIpc) is 3.63. The van der Waals surface area contributed by atoms with Crippen LogP contribution in [0.4, 0.5) is 5.69 Å². The SMILES string of the molecule is COc1ccc(CCN2C(=O)c3cccc4c(CC(=O)C5CCC(CS(=O)(=O)c6cccs6)CC5)ccc2c34)cc1. The van der Waals surface area contributed by atoms with E-state index in [0.29, 0.717) is 22.7 Å². The van der Waals surface area contributed by atoms with Crippen LogP contribution in [-0.2, 0) is 27.5 Å². The first kappa shape index (κ1) is 27.7. The number of nitrogens with zero attached hydrogens (tertiary/aromatic N) is 1. The van der Waals surface area contributed by atoms with Crippen molar-refractivity contribution in [2.75, 3.05) is 24.3 Å². The minimum absolute atomic E-state index is 0.00147. The number of benzene rings is 3. The number of carbonyl (C=O) groups is 2. The number of anilines is 1. The quantitative estimate of drug-likeness (QED) is 0.211. The maximum Gasteiger partial charge on any atom is 0.259 e. The fraction of sp³-hybridized carbons (Fsp3) is 0.333. The molecule has 0 bridgehead atoms. The minimum Gasteiger partial charge on any atom is -0.497 e. The van der Waals surface area contributed by atoms with Gasteiger partial charge in [0.1, 0.15) is 15.7 Å². The van der Waals surface area contributed by atoms with E-state index in [-0.39, 0.29) is 29.3 Å². The lowest BCUT2D eigenvalue weighted by molar-refractivity contribution is -0.123. The van der Waals surface area contributed by atoms with E-state index in [1.54, 1.807) is 24.6 Å². The van der Waals surface area contributed by atoms with Crippen LogP contribution in [0.2, 0.25) is 0 Å². The molecule has 1 aliphatic heterocycles. The van der Waals surface area contributed by atoms with Gasteiger partial charge in [0, 0.05) is 29.8 Å². The Bertz CT molecular complexity index is 1690. The van der Waals surface area contributed by atoms with Crippen molar-refractivity contribution in [2.24, 2.45) is 11.8 Å². The first-order valence-electron chi connectivity index (χ1n) is 14.1. The van der Waals surface area contributed by atoms with E-state index >= 15 is 0 Å². The number of thiophene rings is 1. The Morgan fingerprint density at radius 3 is 2.46 bits per heavy atom. The zero-order valence-corrected chi connectivity index (χ0v) is 24.7. The molecule has 1 amide bonds. The fourth-order valence-corrected chi connectivity index (χ4v) is 9.14. The number of sulfone groups is 1. The summed E-state index contributed by atoms with van der Waals surface area (Å²) in [5, 5.41) is 3.68. The van der Waals surface area contributed by atoms with Gasteiger partial charge in [-0.25, -0.2) is 8.42 Å². The normalized spacial score (nSPS) is 18.7. The van der Waals surface area contributed by atoms with E-state index in [9.17, 15) is 18.0 Å². The number of methoxy groups -OCH3 is 1. The lowest BCUT2D eigenvalue weighted by Gasteiger charge is -2.27. The highest BCUT2D eigenvalue weighted by Gasteiger charge is 2.32. The van der Waals surface area contributed by atoms with Crippen molar-refractivity contribution in [3.8, 4) is 5.75 Å². The standard InChI is InChI=1S/C33H33NO5S2/c1-39-26-14-9-22(10-15-26)17-18-34-29-16-13-25(27-4-2-5-28(32(27)29)33(34)36)20-30(35)24-11-7-23(8-12-24)21-41(37,38)31-6-3-19-40-31/h2-6,9-10,13-16,19,23-24H,7-8,11-12,17-18,20-21H2,1H3. The highest BCUT2D eigenvalue weighted by atomic mass is 32.2. The van der Waals surface area contributed by atoms with E-state index in [1.807, 2.05) is 59.5 Å². The van der Waals surface area contributed by atoms with Crippen molar-refractivity contribution < 1.29 is 22.7 Å². The summed E-state index contributed by atoms with van der Waals surface area (Å²) < 4.78 is 31.1. The Morgan fingerprint density at radius 1 is 0.976 bits per heavy atom. The number of carbonyl (C=O) groups excluding carboxylic acids is 2. The van der Waals surface area contributed by atoms with E-state index in [0.717, 1.165) is 65.4 Å². The number of hydrogen-bond donors (Lipinski definition) is 0. The van der Waals surface area contributed by atoms with Gasteiger partial charge in [0.15, 0.2) is 9.84 Å². The summed E-state index contributed by atoms with van der Waals surface area (Å²) in [4.78, 5) is 28.6. The van der Waals surface area contributed by atoms with Gasteiger partial charge in [0.25, 0.3) is 5.91 Å². The molecule has 1 aromatic heterocycles. The number of hydrogen-bond acceptors (Lipinski definition) is 6. The van der Waals surface area contributed by atoms with Crippen molar-refractivity contribution in [3.05, 3.63) is 88.8 Å². The second kappa shape index (κ2) is 11.4. The lowest BCUT2D eigenvalue weighted by atomic mass is 9.79. The van der Waals surface area contributed by atoms with E-state index in [2.05, 4.69) is 0 Å². The molecular weight excluding hydrogens is 554 g/mol. The molecule has 3 aromatic carbocycles. The van der Waals surface area contributed by atoms with Crippen LogP contribution < -0.4 is 9.64 Å². The first-order valence-corrected chi connectivity index (χ1v) is 16.7. The van der Waals surface area contributed by atoms with Crippen LogP contribution in [-0.4, -0.2) is 39.5 Å². The van der Waals surface area contributed by atoms with E-state index in [4.69, 9.17) is 4.74 Å². The third-order valence-electron chi connectivity index (χ3n) is 8.58. The summed E-state index contributed by atoms with van der Waals surface area (Å²) >= 11 is 1.26. The molecule has 0 saturated heterocycles. The second-order valence-electron chi connectivity index (χ2n) is 11.1. The van der Waals surface area contributed by atoms with E-state index < -0.39 is 9.84 Å². The molecule has 6 nitrogen and oxygen atoms in total. The maximum absolute atomic E-state index is 13.4. The highest BCUT2D eigenvalue weighted by molar-refractivity contribution is 7.93. The molecule has 212 valence electrons. The molecule has 0 unspecified atom stereocenters. The summed E-state index contributed by atoms with van der Waals surface area (Å²) in [6.07, 6.45) is 4.00. The van der Waals surface area contributed by atoms with Gasteiger partial charge in [-0.3, -0.25) is 9.59 Å². The molecule has 2 aliphatic rings. The minimum atomic E-state index is -3.26. The zero-order chi connectivity index (χ0) is 28.6. The van der Waals surface area contributed by atoms with Crippen LogP contribution in [0.3, 0.4) is 0 Å². The van der Waals surface area contributed by atoms with Gasteiger partial charge in [-0.1, -0.05) is 36.4 Å². The third-order valence-corrected chi connectivity index (χ3v) is 12.0. The van der Waals surface area contributed by atoms with Gasteiger partial charge < -0.3 is 9.64 Å². The van der Waals surface area contributed by atoms with Crippen LogP contribution in [0.15, 0.2) is 76.3 Å². The Labute approximate surface area is 244 Å². The molecule has 0 spiro atoms. The number of Topliss-reactive ketones (excluding diaryl/α,β-unsaturated/α-hetero) is 1. The van der Waals surface area contributed by atoms with Gasteiger partial charge >= 0.3 is 0 Å². The molecule has 1 fully saturated rings. The smallest absolute Gasteiger partial charge is 0.259 e. The molecular formula is C33H33NO5S2. The van der Waals surface area contributed by atoms with Crippen LogP contribution in [0.1, 0.15) is 47.2 Å². The fourth-order valence-electron chi connectivity index (χ4n) is 6.33. The average molecular weight is 588 g/mol. The third kappa shape index (κ3) is 5.55.